The molecule has 1 spiro atoms. The summed E-state index contributed by atoms with van der Waals surface area (Å²) in [5.74, 6) is 3.32. The lowest BCUT2D eigenvalue weighted by Gasteiger charge is -2.46. The molecule has 8 heteroatoms. The Morgan fingerprint density at radius 2 is 1.86 bits per heavy atom. The number of nitrogens with zero attached hydrogens (tertiary/aromatic N) is 3. The van der Waals surface area contributed by atoms with Crippen LogP contribution in [0.4, 0.5) is 11.6 Å². The summed E-state index contributed by atoms with van der Waals surface area (Å²) in [6.07, 6.45) is 4.82. The quantitative estimate of drug-likeness (QED) is 0.418. The first-order valence-corrected chi connectivity index (χ1v) is 12.5. The fraction of sp³-hybridized carbons (Fsp3) is 0.357. The number of para-hydroxylation sites is 1. The van der Waals surface area contributed by atoms with Crippen LogP contribution in [0.15, 0.2) is 54.7 Å². The number of anilines is 2. The highest BCUT2D eigenvalue weighted by Crippen LogP contribution is 2.45. The summed E-state index contributed by atoms with van der Waals surface area (Å²) in [6, 6.07) is 16.1. The van der Waals surface area contributed by atoms with Crippen LogP contribution in [0.1, 0.15) is 25.3 Å². The maximum absolute atomic E-state index is 6.66. The van der Waals surface area contributed by atoms with E-state index in [-0.39, 0.29) is 5.60 Å². The topological polar surface area (TPSA) is 81.9 Å². The zero-order valence-electron chi connectivity index (χ0n) is 20.9. The lowest BCUT2D eigenvalue weighted by molar-refractivity contribution is -0.0256. The number of benzene rings is 2. The number of nitrogens with one attached hydrogen (secondary N) is 2. The predicted octanol–water partition coefficient (Wildman–Crippen LogP) is 4.85. The van der Waals surface area contributed by atoms with Gasteiger partial charge in [-0.3, -0.25) is 0 Å². The van der Waals surface area contributed by atoms with Gasteiger partial charge in [0.1, 0.15) is 22.8 Å². The molecule has 6 rings (SSSR count). The minimum atomic E-state index is -0.102. The van der Waals surface area contributed by atoms with Crippen molar-refractivity contribution in [2.75, 3.05) is 32.6 Å². The normalized spacial score (nSPS) is 18.5. The number of methoxy groups -OCH3 is 2. The molecule has 0 amide bonds. The van der Waals surface area contributed by atoms with Crippen molar-refractivity contribution >= 4 is 17.2 Å². The van der Waals surface area contributed by atoms with E-state index in [1.165, 1.54) is 5.56 Å². The molecule has 0 saturated carbocycles. The van der Waals surface area contributed by atoms with Crippen molar-refractivity contribution in [3.05, 3.63) is 60.3 Å². The van der Waals surface area contributed by atoms with Crippen molar-refractivity contribution in [3.63, 3.8) is 0 Å². The van der Waals surface area contributed by atoms with Crippen molar-refractivity contribution in [2.45, 2.75) is 31.8 Å². The van der Waals surface area contributed by atoms with Crippen LogP contribution in [0, 0.1) is 5.92 Å². The molecular formula is C28H31N5O3. The lowest BCUT2D eigenvalue weighted by Crippen LogP contribution is -2.53. The summed E-state index contributed by atoms with van der Waals surface area (Å²) < 4.78 is 19.9. The summed E-state index contributed by atoms with van der Waals surface area (Å²) in [5, 5.41) is 11.6. The minimum absolute atomic E-state index is 0.102. The fourth-order valence-electron chi connectivity index (χ4n) is 5.55. The molecule has 186 valence electrons. The standard InChI is InChI=1S/C28H31N5O3/c1-18-14-19-15-22(26(35-3)16-25(19)36-28(18)10-12-29-13-11-28)31-27-30-17-20-8-9-23(33(20)32-27)21-6-4-5-7-24(21)34-2/h4-9,15-18,29H,10-14H2,1-3H3,(H,31,32)/t18-/m1/s1. The summed E-state index contributed by atoms with van der Waals surface area (Å²) in [4.78, 5) is 4.55. The Hall–Kier alpha value is -3.78. The van der Waals surface area contributed by atoms with Crippen LogP contribution in [-0.4, -0.2) is 47.5 Å². The molecule has 0 radical (unpaired) electrons. The maximum Gasteiger partial charge on any atom is 0.245 e. The summed E-state index contributed by atoms with van der Waals surface area (Å²) in [5.41, 5.74) is 4.68. The van der Waals surface area contributed by atoms with Crippen molar-refractivity contribution in [1.29, 1.82) is 0 Å². The van der Waals surface area contributed by atoms with E-state index < -0.39 is 0 Å². The first kappa shape index (κ1) is 22.7. The average molecular weight is 486 g/mol. The summed E-state index contributed by atoms with van der Waals surface area (Å²) in [7, 11) is 3.35. The number of hydrogen-bond acceptors (Lipinski definition) is 7. The molecule has 2 N–H and O–H groups in total. The molecule has 36 heavy (non-hydrogen) atoms. The average Bonchev–Trinajstić information content (AvgIpc) is 3.33. The third kappa shape index (κ3) is 3.82. The zero-order chi connectivity index (χ0) is 24.7. The first-order valence-electron chi connectivity index (χ1n) is 12.5. The van der Waals surface area contributed by atoms with Crippen molar-refractivity contribution in [3.8, 4) is 28.5 Å². The van der Waals surface area contributed by atoms with Gasteiger partial charge in [0.05, 0.1) is 37.3 Å². The number of piperidine rings is 1. The van der Waals surface area contributed by atoms with Crippen LogP contribution in [-0.2, 0) is 6.42 Å². The van der Waals surface area contributed by atoms with Crippen LogP contribution in [0.25, 0.3) is 16.8 Å². The highest BCUT2D eigenvalue weighted by atomic mass is 16.5. The Morgan fingerprint density at radius 1 is 1.06 bits per heavy atom. The number of hydrogen-bond donors (Lipinski definition) is 2. The molecule has 4 aromatic rings. The molecule has 2 aliphatic heterocycles. The van der Waals surface area contributed by atoms with Gasteiger partial charge >= 0.3 is 0 Å². The van der Waals surface area contributed by atoms with E-state index in [2.05, 4.69) is 28.6 Å². The second-order valence-corrected chi connectivity index (χ2v) is 9.64. The second kappa shape index (κ2) is 9.02. The van der Waals surface area contributed by atoms with E-state index in [9.17, 15) is 0 Å². The summed E-state index contributed by atoms with van der Waals surface area (Å²) in [6.45, 7) is 4.28. The van der Waals surface area contributed by atoms with E-state index in [1.54, 1.807) is 14.2 Å². The van der Waals surface area contributed by atoms with Gasteiger partial charge in [-0.2, -0.15) is 0 Å². The van der Waals surface area contributed by atoms with E-state index >= 15 is 0 Å². The predicted molar refractivity (Wildman–Crippen MR) is 140 cm³/mol. The Kier molecular flexibility index (Phi) is 5.68. The van der Waals surface area contributed by atoms with Crippen LogP contribution in [0.2, 0.25) is 0 Å². The highest BCUT2D eigenvalue weighted by Gasteiger charge is 2.43. The van der Waals surface area contributed by atoms with Gasteiger partial charge in [0.15, 0.2) is 0 Å². The molecule has 1 fully saturated rings. The van der Waals surface area contributed by atoms with Crippen LogP contribution in [0.3, 0.4) is 0 Å². The van der Waals surface area contributed by atoms with Gasteiger partial charge in [0.2, 0.25) is 5.95 Å². The van der Waals surface area contributed by atoms with E-state index in [4.69, 9.17) is 19.3 Å². The Bertz CT molecular complexity index is 1410. The molecule has 2 aliphatic rings. The van der Waals surface area contributed by atoms with Gasteiger partial charge < -0.3 is 24.8 Å². The Labute approximate surface area is 210 Å². The van der Waals surface area contributed by atoms with Crippen molar-refractivity contribution in [1.82, 2.24) is 19.9 Å². The van der Waals surface area contributed by atoms with E-state index in [1.807, 2.05) is 53.2 Å². The van der Waals surface area contributed by atoms with Gasteiger partial charge in [0, 0.05) is 17.5 Å². The molecule has 1 atom stereocenters. The number of ether oxygens (including phenoxy) is 3. The lowest BCUT2D eigenvalue weighted by atomic mass is 9.75. The smallest absolute Gasteiger partial charge is 0.245 e. The first-order chi connectivity index (χ1) is 17.6. The highest BCUT2D eigenvalue weighted by molar-refractivity contribution is 5.72. The maximum atomic E-state index is 6.66. The van der Waals surface area contributed by atoms with Gasteiger partial charge in [0.25, 0.3) is 0 Å². The zero-order valence-corrected chi connectivity index (χ0v) is 20.9. The second-order valence-electron chi connectivity index (χ2n) is 9.64. The number of fused-ring (bicyclic) bond motifs is 2. The third-order valence-corrected chi connectivity index (χ3v) is 7.60. The Morgan fingerprint density at radius 3 is 2.67 bits per heavy atom. The number of rotatable bonds is 5. The van der Waals surface area contributed by atoms with Crippen LogP contribution >= 0.6 is 0 Å². The van der Waals surface area contributed by atoms with Crippen molar-refractivity contribution in [2.24, 2.45) is 5.92 Å². The number of aromatic nitrogens is 3. The van der Waals surface area contributed by atoms with Gasteiger partial charge in [-0.25, -0.2) is 9.50 Å². The van der Waals surface area contributed by atoms with Gasteiger partial charge in [-0.15, -0.1) is 5.10 Å². The third-order valence-electron chi connectivity index (χ3n) is 7.60. The Balaban J connectivity index is 1.34. The molecule has 0 bridgehead atoms. The minimum Gasteiger partial charge on any atom is -0.496 e. The molecule has 0 aliphatic carbocycles. The van der Waals surface area contributed by atoms with E-state index in [0.717, 1.165) is 66.3 Å². The summed E-state index contributed by atoms with van der Waals surface area (Å²) >= 11 is 0. The van der Waals surface area contributed by atoms with Crippen LogP contribution < -0.4 is 24.8 Å². The molecule has 8 nitrogen and oxygen atoms in total. The molecule has 4 heterocycles. The van der Waals surface area contributed by atoms with Crippen molar-refractivity contribution < 1.29 is 14.2 Å². The molecular weight excluding hydrogens is 454 g/mol. The fourth-order valence-corrected chi connectivity index (χ4v) is 5.55. The van der Waals surface area contributed by atoms with Gasteiger partial charge in [-0.1, -0.05) is 19.1 Å². The van der Waals surface area contributed by atoms with Gasteiger partial charge in [-0.05, 0) is 68.2 Å². The molecule has 2 aromatic heterocycles. The monoisotopic (exact) mass is 485 g/mol. The van der Waals surface area contributed by atoms with Crippen LogP contribution in [0.5, 0.6) is 17.2 Å². The van der Waals surface area contributed by atoms with E-state index in [0.29, 0.717) is 17.6 Å². The largest absolute Gasteiger partial charge is 0.496 e. The SMILES string of the molecule is COc1cc2c(cc1Nc1ncc3ccc(-c4ccccc4OC)n3n1)C[C@@H](C)C1(CCNCC1)O2. The molecule has 1 saturated heterocycles. The molecule has 0 unspecified atom stereocenters. The molecule has 2 aromatic carbocycles.